The van der Waals surface area contributed by atoms with Crippen molar-refractivity contribution in [3.8, 4) is 6.07 Å². The fourth-order valence-electron chi connectivity index (χ4n) is 1.47. The van der Waals surface area contributed by atoms with E-state index in [4.69, 9.17) is 10.00 Å². The Kier molecular flexibility index (Phi) is 3.52. The van der Waals surface area contributed by atoms with E-state index in [9.17, 15) is 0 Å². The van der Waals surface area contributed by atoms with Gasteiger partial charge in [-0.05, 0) is 33.6 Å². The summed E-state index contributed by atoms with van der Waals surface area (Å²) in [5, 5.41) is 12.0. The van der Waals surface area contributed by atoms with Gasteiger partial charge in [0.1, 0.15) is 0 Å². The molecule has 80 valence electrons. The summed E-state index contributed by atoms with van der Waals surface area (Å²) >= 11 is 0. The maximum absolute atomic E-state index is 8.81. The predicted molar refractivity (Wildman–Crippen MR) is 55.9 cm³/mol. The Morgan fingerprint density at radius 1 is 1.50 bits per heavy atom. The Morgan fingerprint density at radius 2 is 2.14 bits per heavy atom. The number of nitrogens with zero attached hydrogens (tertiary/aromatic N) is 1. The van der Waals surface area contributed by atoms with Crippen LogP contribution in [0, 0.1) is 16.7 Å². The molecule has 14 heavy (non-hydrogen) atoms. The van der Waals surface area contributed by atoms with Crippen molar-refractivity contribution in [2.24, 2.45) is 5.41 Å². The summed E-state index contributed by atoms with van der Waals surface area (Å²) in [7, 11) is 0. The van der Waals surface area contributed by atoms with Crippen molar-refractivity contribution in [2.75, 3.05) is 19.7 Å². The van der Waals surface area contributed by atoms with Gasteiger partial charge in [0.25, 0.3) is 0 Å². The van der Waals surface area contributed by atoms with E-state index in [2.05, 4.69) is 18.3 Å². The Morgan fingerprint density at radius 3 is 2.57 bits per heavy atom. The van der Waals surface area contributed by atoms with Gasteiger partial charge in [-0.15, -0.1) is 0 Å². The van der Waals surface area contributed by atoms with Gasteiger partial charge >= 0.3 is 0 Å². The number of rotatable bonds is 5. The first-order valence-corrected chi connectivity index (χ1v) is 5.23. The lowest BCUT2D eigenvalue weighted by molar-refractivity contribution is -0.0687. The fourth-order valence-corrected chi connectivity index (χ4v) is 1.47. The summed E-state index contributed by atoms with van der Waals surface area (Å²) < 4.78 is 5.73. The van der Waals surface area contributed by atoms with E-state index in [1.54, 1.807) is 0 Å². The van der Waals surface area contributed by atoms with Crippen LogP contribution < -0.4 is 5.32 Å². The van der Waals surface area contributed by atoms with Crippen molar-refractivity contribution in [3.63, 3.8) is 0 Å². The van der Waals surface area contributed by atoms with E-state index in [1.165, 1.54) is 0 Å². The maximum Gasteiger partial charge on any atom is 0.0901 e. The highest BCUT2D eigenvalue weighted by atomic mass is 16.5. The first-order chi connectivity index (χ1) is 6.47. The van der Waals surface area contributed by atoms with Gasteiger partial charge in [-0.2, -0.15) is 5.26 Å². The molecule has 0 spiro atoms. The fraction of sp³-hybridized carbons (Fsp3) is 0.909. The first kappa shape index (κ1) is 11.5. The Bertz CT molecular complexity index is 226. The zero-order chi connectivity index (χ0) is 10.7. The average Bonchev–Trinajstić information content (AvgIpc) is 2.10. The van der Waals surface area contributed by atoms with Crippen LogP contribution in [0.2, 0.25) is 0 Å². The van der Waals surface area contributed by atoms with Gasteiger partial charge in [-0.1, -0.05) is 0 Å². The van der Waals surface area contributed by atoms with Crippen molar-refractivity contribution in [1.82, 2.24) is 5.32 Å². The van der Waals surface area contributed by atoms with Crippen molar-refractivity contribution in [1.29, 1.82) is 5.26 Å². The van der Waals surface area contributed by atoms with Gasteiger partial charge in [-0.25, -0.2) is 0 Å². The number of nitrogens with one attached hydrogen (secondary N) is 1. The smallest absolute Gasteiger partial charge is 0.0901 e. The molecule has 0 atom stereocenters. The normalized spacial score (nSPS) is 19.9. The maximum atomic E-state index is 8.81. The van der Waals surface area contributed by atoms with Crippen molar-refractivity contribution in [2.45, 2.75) is 39.2 Å². The van der Waals surface area contributed by atoms with E-state index >= 15 is 0 Å². The summed E-state index contributed by atoms with van der Waals surface area (Å²) in [5.41, 5.74) is -0.154. The van der Waals surface area contributed by atoms with Crippen LogP contribution in [0.1, 0.15) is 33.6 Å². The molecule has 0 bridgehead atoms. The third kappa shape index (κ3) is 3.28. The molecule has 0 amide bonds. The molecule has 1 N–H and O–H groups in total. The molecule has 1 aliphatic rings. The molecule has 3 nitrogen and oxygen atoms in total. The van der Waals surface area contributed by atoms with Crippen LogP contribution in [0.15, 0.2) is 0 Å². The molecule has 0 aromatic carbocycles. The Labute approximate surface area is 86.4 Å². The Hall–Kier alpha value is -0.590. The lowest BCUT2D eigenvalue weighted by atomic mass is 9.90. The zero-order valence-electron chi connectivity index (χ0n) is 9.39. The molecule has 0 saturated carbocycles. The Balaban J connectivity index is 2.08. The van der Waals surface area contributed by atoms with Crippen LogP contribution in [0.3, 0.4) is 0 Å². The SMILES string of the molecule is CC(C)(C#N)CCCOC1(C)CNC1. The van der Waals surface area contributed by atoms with Gasteiger partial charge in [0.05, 0.1) is 17.1 Å². The van der Waals surface area contributed by atoms with E-state index < -0.39 is 0 Å². The predicted octanol–water partition coefficient (Wildman–Crippen LogP) is 1.69. The van der Waals surface area contributed by atoms with E-state index in [-0.39, 0.29) is 11.0 Å². The molecule has 0 aliphatic carbocycles. The van der Waals surface area contributed by atoms with Crippen molar-refractivity contribution < 1.29 is 4.74 Å². The molecule has 1 aliphatic heterocycles. The molecular weight excluding hydrogens is 176 g/mol. The lowest BCUT2D eigenvalue weighted by Crippen LogP contribution is -2.59. The topological polar surface area (TPSA) is 45.0 Å². The largest absolute Gasteiger partial charge is 0.373 e. The molecule has 1 rings (SSSR count). The minimum atomic E-state index is -0.206. The molecule has 0 unspecified atom stereocenters. The highest BCUT2D eigenvalue weighted by molar-refractivity contribution is 4.92. The summed E-state index contributed by atoms with van der Waals surface area (Å²) in [5.74, 6) is 0. The molecule has 1 saturated heterocycles. The van der Waals surface area contributed by atoms with Crippen LogP contribution in [-0.2, 0) is 4.74 Å². The van der Waals surface area contributed by atoms with Gasteiger partial charge in [-0.3, -0.25) is 0 Å². The van der Waals surface area contributed by atoms with Crippen molar-refractivity contribution in [3.05, 3.63) is 0 Å². The van der Waals surface area contributed by atoms with E-state index in [0.717, 1.165) is 32.5 Å². The quantitative estimate of drug-likeness (QED) is 0.681. The third-order valence-electron chi connectivity index (χ3n) is 2.70. The second-order valence-electron chi connectivity index (χ2n) is 5.00. The van der Waals surface area contributed by atoms with Crippen LogP contribution in [0.4, 0.5) is 0 Å². The molecular formula is C11H20N2O. The molecule has 1 fully saturated rings. The molecule has 0 aromatic heterocycles. The number of nitriles is 1. The monoisotopic (exact) mass is 196 g/mol. The molecule has 1 heterocycles. The molecule has 3 heteroatoms. The summed E-state index contributed by atoms with van der Waals surface area (Å²) in [4.78, 5) is 0. The van der Waals surface area contributed by atoms with Gasteiger partial charge < -0.3 is 10.1 Å². The second-order valence-corrected chi connectivity index (χ2v) is 5.00. The van der Waals surface area contributed by atoms with Gasteiger partial charge in [0, 0.05) is 19.7 Å². The minimum Gasteiger partial charge on any atom is -0.373 e. The third-order valence-corrected chi connectivity index (χ3v) is 2.70. The van der Waals surface area contributed by atoms with E-state index in [1.807, 2.05) is 13.8 Å². The lowest BCUT2D eigenvalue weighted by Gasteiger charge is -2.39. The van der Waals surface area contributed by atoms with Gasteiger partial charge in [0.2, 0.25) is 0 Å². The van der Waals surface area contributed by atoms with Crippen LogP contribution in [-0.4, -0.2) is 25.3 Å². The van der Waals surface area contributed by atoms with Crippen LogP contribution in [0.25, 0.3) is 0 Å². The minimum absolute atomic E-state index is 0.0524. The van der Waals surface area contributed by atoms with Crippen LogP contribution in [0.5, 0.6) is 0 Å². The summed E-state index contributed by atoms with van der Waals surface area (Å²) in [6.07, 6.45) is 1.88. The number of hydrogen-bond acceptors (Lipinski definition) is 3. The average molecular weight is 196 g/mol. The number of hydrogen-bond donors (Lipinski definition) is 1. The van der Waals surface area contributed by atoms with E-state index in [0.29, 0.717) is 0 Å². The molecule has 0 aromatic rings. The standard InChI is InChI=1S/C11H20N2O/c1-10(2,7-12)5-4-6-14-11(3)8-13-9-11/h13H,4-6,8-9H2,1-3H3. The van der Waals surface area contributed by atoms with Crippen LogP contribution >= 0.6 is 0 Å². The molecule has 0 radical (unpaired) electrons. The highest BCUT2D eigenvalue weighted by Crippen LogP contribution is 2.22. The first-order valence-electron chi connectivity index (χ1n) is 5.23. The number of ether oxygens (including phenoxy) is 1. The van der Waals surface area contributed by atoms with Crippen molar-refractivity contribution >= 4 is 0 Å². The van der Waals surface area contributed by atoms with Gasteiger partial charge in [0.15, 0.2) is 0 Å². The second kappa shape index (κ2) is 4.29. The highest BCUT2D eigenvalue weighted by Gasteiger charge is 2.32. The zero-order valence-corrected chi connectivity index (χ0v) is 9.39. The summed E-state index contributed by atoms with van der Waals surface area (Å²) in [6, 6.07) is 2.30. The summed E-state index contributed by atoms with van der Waals surface area (Å²) in [6.45, 7) is 8.74.